The summed E-state index contributed by atoms with van der Waals surface area (Å²) in [6, 6.07) is 7.74. The van der Waals surface area contributed by atoms with Crippen LogP contribution in [0.3, 0.4) is 0 Å². The van der Waals surface area contributed by atoms with Gasteiger partial charge in [-0.25, -0.2) is 0 Å². The van der Waals surface area contributed by atoms with E-state index in [1.807, 2.05) is 45.0 Å². The third kappa shape index (κ3) is 3.80. The van der Waals surface area contributed by atoms with Crippen LogP contribution >= 0.6 is 0 Å². The van der Waals surface area contributed by atoms with Crippen LogP contribution in [0.1, 0.15) is 43.1 Å². The molecule has 1 unspecified atom stereocenters. The zero-order chi connectivity index (χ0) is 19.9. The van der Waals surface area contributed by atoms with Crippen LogP contribution in [0.15, 0.2) is 24.3 Å². The molecule has 0 saturated carbocycles. The lowest BCUT2D eigenvalue weighted by Gasteiger charge is -2.40. The number of likely N-dealkylation sites (tertiary alicyclic amines) is 1. The summed E-state index contributed by atoms with van der Waals surface area (Å²) in [4.78, 5) is 28.4. The Morgan fingerprint density at radius 1 is 1.36 bits per heavy atom. The minimum Gasteiger partial charge on any atom is -0.381 e. The zero-order valence-corrected chi connectivity index (χ0v) is 17.1. The molecule has 6 heteroatoms. The van der Waals surface area contributed by atoms with Gasteiger partial charge in [-0.1, -0.05) is 18.2 Å². The van der Waals surface area contributed by atoms with Gasteiger partial charge in [-0.2, -0.15) is 0 Å². The Balaban J connectivity index is 1.61. The second kappa shape index (κ2) is 7.16. The predicted octanol–water partition coefficient (Wildman–Crippen LogP) is 1.59. The minimum atomic E-state index is -0.555. The van der Waals surface area contributed by atoms with Crippen molar-refractivity contribution in [1.29, 1.82) is 0 Å². The van der Waals surface area contributed by atoms with Crippen LogP contribution in [0.4, 0.5) is 0 Å². The van der Waals surface area contributed by atoms with Crippen molar-refractivity contribution in [3.63, 3.8) is 0 Å². The van der Waals surface area contributed by atoms with Crippen LogP contribution in [-0.4, -0.2) is 60.6 Å². The number of fused-ring (bicyclic) bond motifs is 1. The van der Waals surface area contributed by atoms with Gasteiger partial charge >= 0.3 is 0 Å². The topological polar surface area (TPSA) is 70.7 Å². The first-order chi connectivity index (χ1) is 13.3. The summed E-state index contributed by atoms with van der Waals surface area (Å²) in [5.41, 5.74) is 0.901. The number of amides is 2. The van der Waals surface area contributed by atoms with Gasteiger partial charge in [0.1, 0.15) is 0 Å². The molecule has 2 amide bonds. The number of hydrogen-bond donors (Lipinski definition) is 2. The maximum atomic E-state index is 13.2. The summed E-state index contributed by atoms with van der Waals surface area (Å²) in [5, 5.41) is 6.39. The molecular weight excluding hydrogens is 354 g/mol. The smallest absolute Gasteiger partial charge is 0.252 e. The maximum Gasteiger partial charge on any atom is 0.252 e. The zero-order valence-electron chi connectivity index (χ0n) is 17.1. The van der Waals surface area contributed by atoms with E-state index in [-0.39, 0.29) is 23.3 Å². The van der Waals surface area contributed by atoms with E-state index >= 15 is 0 Å². The van der Waals surface area contributed by atoms with Gasteiger partial charge < -0.3 is 15.4 Å². The highest BCUT2D eigenvalue weighted by molar-refractivity contribution is 5.98. The molecule has 0 aliphatic carbocycles. The van der Waals surface area contributed by atoms with Crippen LogP contribution in [0.2, 0.25) is 0 Å². The van der Waals surface area contributed by atoms with E-state index in [0.29, 0.717) is 25.4 Å². The molecule has 1 aromatic rings. The molecular formula is C22H31N3O3. The van der Waals surface area contributed by atoms with E-state index in [0.717, 1.165) is 37.3 Å². The van der Waals surface area contributed by atoms with E-state index in [1.54, 1.807) is 0 Å². The monoisotopic (exact) mass is 385 g/mol. The summed E-state index contributed by atoms with van der Waals surface area (Å²) in [5.74, 6) is 0.193. The molecule has 3 heterocycles. The molecule has 4 rings (SSSR count). The molecule has 28 heavy (non-hydrogen) atoms. The molecule has 2 fully saturated rings. The Kier molecular flexibility index (Phi) is 4.96. The largest absolute Gasteiger partial charge is 0.381 e. The molecule has 1 spiro atoms. The second-order valence-electron chi connectivity index (χ2n) is 9.66. The molecule has 152 valence electrons. The van der Waals surface area contributed by atoms with E-state index < -0.39 is 5.54 Å². The fourth-order valence-electron chi connectivity index (χ4n) is 4.91. The lowest BCUT2D eigenvalue weighted by Crippen LogP contribution is -2.62. The van der Waals surface area contributed by atoms with Gasteiger partial charge in [0.15, 0.2) is 0 Å². The quantitative estimate of drug-likeness (QED) is 0.829. The van der Waals surface area contributed by atoms with Gasteiger partial charge in [-0.15, -0.1) is 0 Å². The van der Waals surface area contributed by atoms with Crippen LogP contribution in [0, 0.1) is 11.8 Å². The molecule has 2 saturated heterocycles. The third-order valence-corrected chi connectivity index (χ3v) is 6.10. The first-order valence-electron chi connectivity index (χ1n) is 10.3. The van der Waals surface area contributed by atoms with Crippen LogP contribution in [0.5, 0.6) is 0 Å². The molecule has 0 radical (unpaired) electrons. The summed E-state index contributed by atoms with van der Waals surface area (Å²) in [6.45, 7) is 9.88. The fourth-order valence-corrected chi connectivity index (χ4v) is 4.91. The highest BCUT2D eigenvalue weighted by Crippen LogP contribution is 2.36. The summed E-state index contributed by atoms with van der Waals surface area (Å²) in [7, 11) is 0. The minimum absolute atomic E-state index is 0.0253. The highest BCUT2D eigenvalue weighted by atomic mass is 16.5. The number of benzene rings is 1. The Bertz CT molecular complexity index is 767. The van der Waals surface area contributed by atoms with Crippen molar-refractivity contribution in [2.24, 2.45) is 11.8 Å². The second-order valence-corrected chi connectivity index (χ2v) is 9.66. The Morgan fingerprint density at radius 3 is 2.86 bits per heavy atom. The molecule has 2 N–H and O–H groups in total. The van der Waals surface area contributed by atoms with Crippen molar-refractivity contribution in [2.45, 2.75) is 44.7 Å². The van der Waals surface area contributed by atoms with Crippen molar-refractivity contribution in [3.05, 3.63) is 35.4 Å². The molecule has 6 nitrogen and oxygen atoms in total. The number of nitrogens with zero attached hydrogens (tertiary/aromatic N) is 1. The van der Waals surface area contributed by atoms with Crippen molar-refractivity contribution in [2.75, 3.05) is 32.8 Å². The third-order valence-electron chi connectivity index (χ3n) is 6.10. The number of carbonyl (C=O) groups excluding carboxylic acids is 2. The lowest BCUT2D eigenvalue weighted by molar-refractivity contribution is -0.127. The summed E-state index contributed by atoms with van der Waals surface area (Å²) in [6.07, 6.45) is 1.76. The summed E-state index contributed by atoms with van der Waals surface area (Å²) >= 11 is 0. The molecule has 0 aromatic heterocycles. The first kappa shape index (κ1) is 19.4. The van der Waals surface area contributed by atoms with Gasteiger partial charge in [-0.3, -0.25) is 14.5 Å². The van der Waals surface area contributed by atoms with Crippen molar-refractivity contribution < 1.29 is 14.3 Å². The fraction of sp³-hybridized carbons (Fsp3) is 0.636. The Hall–Kier alpha value is -1.92. The Labute approximate surface area is 167 Å². The van der Waals surface area contributed by atoms with Crippen molar-refractivity contribution >= 4 is 11.8 Å². The first-order valence-corrected chi connectivity index (χ1v) is 10.3. The van der Waals surface area contributed by atoms with E-state index in [4.69, 9.17) is 4.74 Å². The molecule has 3 aliphatic heterocycles. The van der Waals surface area contributed by atoms with Crippen LogP contribution in [-0.2, 0) is 16.0 Å². The maximum absolute atomic E-state index is 13.2. The number of ether oxygens (including phenoxy) is 1. The van der Waals surface area contributed by atoms with Crippen LogP contribution < -0.4 is 10.6 Å². The van der Waals surface area contributed by atoms with Crippen molar-refractivity contribution in [1.82, 2.24) is 15.5 Å². The molecule has 3 atom stereocenters. The Morgan fingerprint density at radius 2 is 2.14 bits per heavy atom. The van der Waals surface area contributed by atoms with Crippen molar-refractivity contribution in [3.8, 4) is 0 Å². The standard InChI is InChI=1S/C22H31N3O3/c1-21(2,3)23-20(27)18-12-25(11-15-8-9-28-13-15)14-22(18)10-16-6-4-5-7-17(16)19(26)24-22/h4-7,15,18H,8-14H2,1-3H3,(H,23,27)(H,24,26)/t15?,18-,22+/m0/s1. The SMILES string of the molecule is CC(C)(C)NC(=O)[C@@H]1CN(CC2CCOC2)C[C@]12Cc1ccccc1C(=O)N2. The number of hydrogen-bond acceptors (Lipinski definition) is 4. The van der Waals surface area contributed by atoms with Gasteiger partial charge in [0.05, 0.1) is 18.1 Å². The lowest BCUT2D eigenvalue weighted by atomic mass is 9.76. The number of rotatable bonds is 3. The number of carbonyl (C=O) groups is 2. The van der Waals surface area contributed by atoms with E-state index in [1.165, 1.54) is 0 Å². The van der Waals surface area contributed by atoms with Gasteiger partial charge in [0.2, 0.25) is 5.91 Å². The van der Waals surface area contributed by atoms with Gasteiger partial charge in [-0.05, 0) is 51.2 Å². The van der Waals surface area contributed by atoms with E-state index in [9.17, 15) is 9.59 Å². The van der Waals surface area contributed by atoms with Gasteiger partial charge in [0.25, 0.3) is 5.91 Å². The average Bonchev–Trinajstić information content (AvgIpc) is 3.22. The highest BCUT2D eigenvalue weighted by Gasteiger charge is 2.53. The number of nitrogens with one attached hydrogen (secondary N) is 2. The van der Waals surface area contributed by atoms with Crippen LogP contribution in [0.25, 0.3) is 0 Å². The average molecular weight is 386 g/mol. The molecule has 3 aliphatic rings. The summed E-state index contributed by atoms with van der Waals surface area (Å²) < 4.78 is 5.53. The van der Waals surface area contributed by atoms with E-state index in [2.05, 4.69) is 15.5 Å². The predicted molar refractivity (Wildman–Crippen MR) is 107 cm³/mol. The molecule has 1 aromatic carbocycles. The normalized spacial score (nSPS) is 30.3. The molecule has 0 bridgehead atoms. The van der Waals surface area contributed by atoms with Gasteiger partial charge in [0, 0.05) is 37.3 Å².